The third-order valence-corrected chi connectivity index (χ3v) is 4.62. The van der Waals surface area contributed by atoms with Crippen LogP contribution in [0.25, 0.3) is 0 Å². The summed E-state index contributed by atoms with van der Waals surface area (Å²) in [4.78, 5) is 25.8. The molecule has 1 aromatic carbocycles. The van der Waals surface area contributed by atoms with Gasteiger partial charge in [-0.15, -0.1) is 0 Å². The van der Waals surface area contributed by atoms with Gasteiger partial charge in [0.25, 0.3) is 6.47 Å². The Morgan fingerprint density at radius 3 is 2.89 bits per heavy atom. The summed E-state index contributed by atoms with van der Waals surface area (Å²) in [6.45, 7) is 3.56. The standard InChI is InChI=1S/C13H12INO4/c1-8(18-7-16)13(14)6-15-12-4-3-10(5-11(12)13)19-9(2)17/h3-8H,1-2H3. The van der Waals surface area contributed by atoms with Gasteiger partial charge < -0.3 is 9.47 Å². The van der Waals surface area contributed by atoms with Gasteiger partial charge in [-0.25, -0.2) is 0 Å². The van der Waals surface area contributed by atoms with E-state index in [1.165, 1.54) is 6.92 Å². The Hall–Kier alpha value is -1.44. The molecule has 0 spiro atoms. The summed E-state index contributed by atoms with van der Waals surface area (Å²) < 4.78 is 9.53. The Kier molecular flexibility index (Phi) is 3.88. The van der Waals surface area contributed by atoms with Crippen LogP contribution in [0, 0.1) is 0 Å². The van der Waals surface area contributed by atoms with Crippen LogP contribution < -0.4 is 4.74 Å². The van der Waals surface area contributed by atoms with E-state index in [-0.39, 0.29) is 12.1 Å². The van der Waals surface area contributed by atoms with Crippen molar-refractivity contribution in [2.75, 3.05) is 0 Å². The van der Waals surface area contributed by atoms with Gasteiger partial charge in [0.2, 0.25) is 0 Å². The van der Waals surface area contributed by atoms with Crippen LogP contribution in [0.15, 0.2) is 23.2 Å². The van der Waals surface area contributed by atoms with Crippen molar-refractivity contribution in [3.63, 3.8) is 0 Å². The molecule has 0 saturated carbocycles. The minimum atomic E-state index is -0.551. The zero-order valence-electron chi connectivity index (χ0n) is 10.4. The SMILES string of the molecule is CC(=O)Oc1ccc2c(c1)C(I)(C(C)OC=O)C=N2. The Morgan fingerprint density at radius 1 is 1.53 bits per heavy atom. The molecule has 0 aliphatic carbocycles. The van der Waals surface area contributed by atoms with E-state index in [2.05, 4.69) is 27.6 Å². The second-order valence-electron chi connectivity index (χ2n) is 4.17. The van der Waals surface area contributed by atoms with Crippen LogP contribution in [0.2, 0.25) is 0 Å². The van der Waals surface area contributed by atoms with Crippen LogP contribution in [0.5, 0.6) is 5.75 Å². The maximum Gasteiger partial charge on any atom is 0.308 e. The maximum absolute atomic E-state index is 11.0. The maximum atomic E-state index is 11.0. The summed E-state index contributed by atoms with van der Waals surface area (Å²) in [7, 11) is 0. The van der Waals surface area contributed by atoms with Gasteiger partial charge >= 0.3 is 5.97 Å². The molecule has 19 heavy (non-hydrogen) atoms. The average molecular weight is 373 g/mol. The second kappa shape index (κ2) is 5.28. The monoisotopic (exact) mass is 373 g/mol. The second-order valence-corrected chi connectivity index (χ2v) is 5.96. The van der Waals surface area contributed by atoms with Gasteiger partial charge in [0.1, 0.15) is 15.3 Å². The molecule has 0 fully saturated rings. The van der Waals surface area contributed by atoms with Crippen molar-refractivity contribution in [3.05, 3.63) is 23.8 Å². The first-order valence-electron chi connectivity index (χ1n) is 5.63. The van der Waals surface area contributed by atoms with Crippen molar-refractivity contribution in [1.82, 2.24) is 0 Å². The fraction of sp³-hybridized carbons (Fsp3) is 0.308. The Labute approximate surface area is 124 Å². The molecule has 0 amide bonds. The number of alkyl halides is 1. The number of benzene rings is 1. The lowest BCUT2D eigenvalue weighted by molar-refractivity contribution is -0.133. The number of esters is 1. The lowest BCUT2D eigenvalue weighted by atomic mass is 9.96. The van der Waals surface area contributed by atoms with E-state index >= 15 is 0 Å². The van der Waals surface area contributed by atoms with Crippen LogP contribution in [0.1, 0.15) is 19.4 Å². The molecule has 2 atom stereocenters. The molecule has 0 saturated heterocycles. The van der Waals surface area contributed by atoms with E-state index < -0.39 is 3.42 Å². The van der Waals surface area contributed by atoms with Crippen molar-refractivity contribution >= 4 is 46.9 Å². The number of hydrogen-bond acceptors (Lipinski definition) is 5. The van der Waals surface area contributed by atoms with Crippen molar-refractivity contribution in [3.8, 4) is 5.75 Å². The highest BCUT2D eigenvalue weighted by Crippen LogP contribution is 2.46. The number of carbonyl (C=O) groups excluding carboxylic acids is 2. The van der Waals surface area contributed by atoms with Crippen molar-refractivity contribution in [2.45, 2.75) is 23.4 Å². The fourth-order valence-corrected chi connectivity index (χ4v) is 2.62. The summed E-state index contributed by atoms with van der Waals surface area (Å²) in [5, 5.41) is 0. The largest absolute Gasteiger partial charge is 0.463 e. The molecular weight excluding hydrogens is 361 g/mol. The molecule has 1 aliphatic rings. The number of carbonyl (C=O) groups is 2. The minimum absolute atomic E-state index is 0.372. The van der Waals surface area contributed by atoms with Crippen LogP contribution in [-0.2, 0) is 17.7 Å². The van der Waals surface area contributed by atoms with E-state index in [9.17, 15) is 9.59 Å². The van der Waals surface area contributed by atoms with Gasteiger partial charge in [-0.3, -0.25) is 14.6 Å². The molecule has 1 aromatic rings. The molecule has 100 valence electrons. The Bertz CT molecular complexity index is 558. The number of halogens is 1. The molecule has 1 aliphatic heterocycles. The van der Waals surface area contributed by atoms with Gasteiger partial charge in [0.05, 0.1) is 5.69 Å². The number of ether oxygens (including phenoxy) is 2. The summed E-state index contributed by atoms with van der Waals surface area (Å²) in [6.07, 6.45) is 1.37. The van der Waals surface area contributed by atoms with Crippen LogP contribution in [0.3, 0.4) is 0 Å². The number of hydrogen-bond donors (Lipinski definition) is 0. The molecule has 2 unspecified atom stereocenters. The highest BCUT2D eigenvalue weighted by Gasteiger charge is 2.40. The first kappa shape index (κ1) is 14.0. The molecule has 0 N–H and O–H groups in total. The highest BCUT2D eigenvalue weighted by atomic mass is 127. The van der Waals surface area contributed by atoms with E-state index in [1.807, 2.05) is 0 Å². The van der Waals surface area contributed by atoms with Gasteiger partial charge in [-0.05, 0) is 25.1 Å². The van der Waals surface area contributed by atoms with Gasteiger partial charge in [-0.2, -0.15) is 0 Å². The van der Waals surface area contributed by atoms with Gasteiger partial charge in [0, 0.05) is 18.7 Å². The summed E-state index contributed by atoms with van der Waals surface area (Å²) in [6, 6.07) is 5.21. The lowest BCUT2D eigenvalue weighted by Crippen LogP contribution is -2.33. The Morgan fingerprint density at radius 2 is 2.26 bits per heavy atom. The van der Waals surface area contributed by atoms with E-state index in [0.29, 0.717) is 12.2 Å². The topological polar surface area (TPSA) is 65.0 Å². The number of rotatable bonds is 4. The van der Waals surface area contributed by atoms with Crippen LogP contribution in [-0.4, -0.2) is 24.8 Å². The van der Waals surface area contributed by atoms with Crippen LogP contribution in [0.4, 0.5) is 5.69 Å². The zero-order valence-corrected chi connectivity index (χ0v) is 12.6. The number of nitrogens with zero attached hydrogens (tertiary/aromatic N) is 1. The van der Waals surface area contributed by atoms with Crippen molar-refractivity contribution < 1.29 is 19.1 Å². The molecule has 0 radical (unpaired) electrons. The number of fused-ring (bicyclic) bond motifs is 1. The smallest absolute Gasteiger partial charge is 0.308 e. The normalized spacial score (nSPS) is 21.6. The van der Waals surface area contributed by atoms with E-state index in [0.717, 1.165) is 11.3 Å². The molecule has 5 nitrogen and oxygen atoms in total. The molecule has 6 heteroatoms. The van der Waals surface area contributed by atoms with E-state index in [1.54, 1.807) is 31.3 Å². The summed E-state index contributed by atoms with van der Waals surface area (Å²) >= 11 is 2.18. The molecule has 2 rings (SSSR count). The predicted octanol–water partition coefficient (Wildman–Crippen LogP) is 2.52. The molecular formula is C13H12INO4. The van der Waals surface area contributed by atoms with E-state index in [4.69, 9.17) is 9.47 Å². The highest BCUT2D eigenvalue weighted by molar-refractivity contribution is 14.1. The van der Waals surface area contributed by atoms with Gasteiger partial charge in [0.15, 0.2) is 0 Å². The minimum Gasteiger partial charge on any atom is -0.463 e. The first-order valence-corrected chi connectivity index (χ1v) is 6.71. The van der Waals surface area contributed by atoms with Crippen molar-refractivity contribution in [2.24, 2.45) is 4.99 Å². The Balaban J connectivity index is 2.38. The van der Waals surface area contributed by atoms with Crippen molar-refractivity contribution in [1.29, 1.82) is 0 Å². The summed E-state index contributed by atoms with van der Waals surface area (Å²) in [5.41, 5.74) is 1.65. The third-order valence-electron chi connectivity index (χ3n) is 2.89. The zero-order chi connectivity index (χ0) is 14.0. The number of aliphatic imine (C=N–C) groups is 1. The first-order chi connectivity index (χ1) is 8.97. The molecule has 1 heterocycles. The third kappa shape index (κ3) is 2.63. The molecule has 0 bridgehead atoms. The van der Waals surface area contributed by atoms with Gasteiger partial charge in [-0.1, -0.05) is 22.6 Å². The summed E-state index contributed by atoms with van der Waals surface area (Å²) in [5.74, 6) is 0.0752. The predicted molar refractivity (Wildman–Crippen MR) is 78.2 cm³/mol. The van der Waals surface area contributed by atoms with Crippen LogP contribution >= 0.6 is 22.6 Å². The molecule has 0 aromatic heterocycles. The fourth-order valence-electron chi connectivity index (χ4n) is 1.90. The average Bonchev–Trinajstić information content (AvgIpc) is 2.68. The quantitative estimate of drug-likeness (QED) is 0.268. The lowest BCUT2D eigenvalue weighted by Gasteiger charge is -2.26.